The molecule has 0 saturated heterocycles. The zero-order valence-corrected chi connectivity index (χ0v) is 11.3. The zero-order chi connectivity index (χ0) is 15.0. The van der Waals surface area contributed by atoms with Crippen molar-refractivity contribution >= 4 is 17.6 Å². The van der Waals surface area contributed by atoms with Gasteiger partial charge in [0, 0.05) is 6.07 Å². The molecule has 6 heteroatoms. The molecule has 2 saturated carbocycles. The van der Waals surface area contributed by atoms with Crippen molar-refractivity contribution in [2.45, 2.75) is 19.3 Å². The number of nitrogens with one attached hydrogen (secondary N) is 1. The Labute approximate surface area is 121 Å². The molecule has 112 valence electrons. The highest BCUT2D eigenvalue weighted by Crippen LogP contribution is 2.40. The fourth-order valence-corrected chi connectivity index (χ4v) is 2.19. The smallest absolute Gasteiger partial charge is 0.307 e. The minimum absolute atomic E-state index is 0.294. The summed E-state index contributed by atoms with van der Waals surface area (Å²) in [7, 11) is 0. The lowest BCUT2D eigenvalue weighted by molar-refractivity contribution is -0.139. The molecule has 2 fully saturated rings. The fourth-order valence-electron chi connectivity index (χ4n) is 2.19. The van der Waals surface area contributed by atoms with Gasteiger partial charge in [-0.25, -0.2) is 4.39 Å². The zero-order valence-electron chi connectivity index (χ0n) is 11.3. The molecule has 21 heavy (non-hydrogen) atoms. The molecule has 2 N–H and O–H groups in total. The number of carbonyl (C=O) groups is 2. The minimum atomic E-state index is -0.959. The van der Waals surface area contributed by atoms with Crippen LogP contribution in [0.2, 0.25) is 0 Å². The van der Waals surface area contributed by atoms with Crippen molar-refractivity contribution in [3.8, 4) is 5.75 Å². The van der Waals surface area contributed by atoms with Crippen LogP contribution >= 0.6 is 0 Å². The average molecular weight is 293 g/mol. The first-order valence-electron chi connectivity index (χ1n) is 7.00. The number of anilines is 1. The molecule has 0 radical (unpaired) electrons. The summed E-state index contributed by atoms with van der Waals surface area (Å²) in [6, 6.07) is 3.91. The normalized spacial score (nSPS) is 23.5. The van der Waals surface area contributed by atoms with Gasteiger partial charge in [-0.15, -0.1) is 0 Å². The van der Waals surface area contributed by atoms with Crippen molar-refractivity contribution < 1.29 is 23.8 Å². The van der Waals surface area contributed by atoms with Crippen LogP contribution in [0, 0.1) is 23.6 Å². The minimum Gasteiger partial charge on any atom is -0.491 e. The summed E-state index contributed by atoms with van der Waals surface area (Å²) in [5, 5.41) is 11.5. The van der Waals surface area contributed by atoms with E-state index in [1.807, 2.05) is 0 Å². The van der Waals surface area contributed by atoms with Crippen LogP contribution in [0.4, 0.5) is 10.1 Å². The molecule has 3 rings (SSSR count). The summed E-state index contributed by atoms with van der Waals surface area (Å²) < 4.78 is 18.8. The fraction of sp³-hybridized carbons (Fsp3) is 0.467. The monoisotopic (exact) mass is 293 g/mol. The van der Waals surface area contributed by atoms with E-state index in [1.54, 1.807) is 0 Å². The number of aliphatic carboxylic acids is 1. The van der Waals surface area contributed by atoms with Crippen molar-refractivity contribution in [1.82, 2.24) is 0 Å². The maximum Gasteiger partial charge on any atom is 0.307 e. The summed E-state index contributed by atoms with van der Waals surface area (Å²) in [6.45, 7) is 0.507. The molecule has 0 aromatic heterocycles. The molecule has 0 aliphatic heterocycles. The Morgan fingerprint density at radius 1 is 1.33 bits per heavy atom. The van der Waals surface area contributed by atoms with Gasteiger partial charge in [-0.3, -0.25) is 9.59 Å². The van der Waals surface area contributed by atoms with Crippen LogP contribution in [0.25, 0.3) is 0 Å². The molecule has 2 atom stereocenters. The predicted octanol–water partition coefficient (Wildman–Crippen LogP) is 2.27. The van der Waals surface area contributed by atoms with Crippen LogP contribution in [-0.2, 0) is 9.59 Å². The third-order valence-corrected chi connectivity index (χ3v) is 3.82. The Kier molecular flexibility index (Phi) is 3.53. The highest BCUT2D eigenvalue weighted by molar-refractivity contribution is 5.99. The van der Waals surface area contributed by atoms with Crippen molar-refractivity contribution in [3.05, 3.63) is 24.0 Å². The lowest BCUT2D eigenvalue weighted by Gasteiger charge is -2.12. The van der Waals surface area contributed by atoms with Gasteiger partial charge in [0.15, 0.2) is 0 Å². The molecule has 5 nitrogen and oxygen atoms in total. The number of hydrogen-bond donors (Lipinski definition) is 2. The topological polar surface area (TPSA) is 75.6 Å². The molecule has 1 aromatic carbocycles. The molecule has 0 heterocycles. The number of carboxylic acids is 1. The maximum atomic E-state index is 13.3. The van der Waals surface area contributed by atoms with Crippen LogP contribution in [-0.4, -0.2) is 23.6 Å². The van der Waals surface area contributed by atoms with Gasteiger partial charge in [0.25, 0.3) is 0 Å². The molecule has 2 aliphatic carbocycles. The second-order valence-corrected chi connectivity index (χ2v) is 5.67. The second kappa shape index (κ2) is 5.35. The molecule has 0 spiro atoms. The number of carboxylic acid groups (broad SMARTS) is 1. The molecule has 1 amide bonds. The number of amides is 1. The largest absolute Gasteiger partial charge is 0.491 e. The van der Waals surface area contributed by atoms with Gasteiger partial charge < -0.3 is 15.2 Å². The van der Waals surface area contributed by atoms with E-state index in [2.05, 4.69) is 5.32 Å². The van der Waals surface area contributed by atoms with E-state index in [1.165, 1.54) is 18.2 Å². The van der Waals surface area contributed by atoms with E-state index in [0.717, 1.165) is 12.8 Å². The van der Waals surface area contributed by atoms with Crippen molar-refractivity contribution in [1.29, 1.82) is 0 Å². The number of hydrogen-bond acceptors (Lipinski definition) is 3. The maximum absolute atomic E-state index is 13.3. The van der Waals surface area contributed by atoms with Gasteiger partial charge in [0.1, 0.15) is 11.6 Å². The number of rotatable bonds is 6. The van der Waals surface area contributed by atoms with E-state index in [4.69, 9.17) is 9.84 Å². The molecular weight excluding hydrogens is 277 g/mol. The number of benzene rings is 1. The quantitative estimate of drug-likeness (QED) is 0.843. The molecule has 1 aromatic rings. The first kappa shape index (κ1) is 13.9. The number of ether oxygens (including phenoxy) is 1. The highest BCUT2D eigenvalue weighted by Gasteiger charge is 2.48. The van der Waals surface area contributed by atoms with Crippen LogP contribution in [0.15, 0.2) is 18.2 Å². The summed E-state index contributed by atoms with van der Waals surface area (Å²) in [6.07, 6.45) is 2.57. The van der Waals surface area contributed by atoms with Gasteiger partial charge in [-0.2, -0.15) is 0 Å². The predicted molar refractivity (Wildman–Crippen MR) is 72.5 cm³/mol. The molecule has 0 bridgehead atoms. The van der Waals surface area contributed by atoms with E-state index >= 15 is 0 Å². The van der Waals surface area contributed by atoms with Gasteiger partial charge in [-0.05, 0) is 37.3 Å². The molecule has 2 aliphatic rings. The highest BCUT2D eigenvalue weighted by atomic mass is 19.1. The number of carbonyl (C=O) groups excluding carboxylic acids is 1. The van der Waals surface area contributed by atoms with Crippen LogP contribution in [0.5, 0.6) is 5.75 Å². The van der Waals surface area contributed by atoms with Crippen molar-refractivity contribution in [2.75, 3.05) is 11.9 Å². The average Bonchev–Trinajstić information content (AvgIpc) is 3.31. The van der Waals surface area contributed by atoms with Gasteiger partial charge in [0.05, 0.1) is 24.1 Å². The lowest BCUT2D eigenvalue weighted by Crippen LogP contribution is -2.17. The third kappa shape index (κ3) is 3.32. The Hall–Kier alpha value is -2.11. The summed E-state index contributed by atoms with van der Waals surface area (Å²) in [5.41, 5.74) is 0.387. The summed E-state index contributed by atoms with van der Waals surface area (Å²) in [5.74, 6) is -2.07. The Balaban J connectivity index is 1.66. The Morgan fingerprint density at radius 3 is 2.71 bits per heavy atom. The summed E-state index contributed by atoms with van der Waals surface area (Å²) in [4.78, 5) is 22.7. The van der Waals surface area contributed by atoms with Crippen LogP contribution in [0.1, 0.15) is 19.3 Å². The van der Waals surface area contributed by atoms with Gasteiger partial charge in [-0.1, -0.05) is 0 Å². The Bertz CT molecular complexity index is 585. The molecule has 2 unspecified atom stereocenters. The second-order valence-electron chi connectivity index (χ2n) is 5.67. The van der Waals surface area contributed by atoms with Gasteiger partial charge in [0.2, 0.25) is 5.91 Å². The number of halogens is 1. The van der Waals surface area contributed by atoms with Crippen molar-refractivity contribution in [3.63, 3.8) is 0 Å². The molecular formula is C15H16FNO4. The van der Waals surface area contributed by atoms with E-state index < -0.39 is 23.6 Å². The van der Waals surface area contributed by atoms with Crippen LogP contribution in [0.3, 0.4) is 0 Å². The van der Waals surface area contributed by atoms with Crippen molar-refractivity contribution in [2.24, 2.45) is 17.8 Å². The first-order chi connectivity index (χ1) is 10.0. The van der Waals surface area contributed by atoms with E-state index in [9.17, 15) is 14.0 Å². The first-order valence-corrected chi connectivity index (χ1v) is 7.00. The van der Waals surface area contributed by atoms with Crippen LogP contribution < -0.4 is 10.1 Å². The Morgan fingerprint density at radius 2 is 2.10 bits per heavy atom. The SMILES string of the molecule is O=C(O)C1CC1C(=O)Nc1ccc(F)cc1OCC1CC1. The van der Waals surface area contributed by atoms with Gasteiger partial charge >= 0.3 is 5.97 Å². The summed E-state index contributed by atoms with van der Waals surface area (Å²) >= 11 is 0. The lowest BCUT2D eigenvalue weighted by atomic mass is 10.2. The third-order valence-electron chi connectivity index (χ3n) is 3.82. The van der Waals surface area contributed by atoms with E-state index in [0.29, 0.717) is 30.4 Å². The standard InChI is InChI=1S/C15H16FNO4/c16-9-3-4-12(13(5-9)21-7-8-1-2-8)17-14(18)10-6-11(10)15(19)20/h3-5,8,10-11H,1-2,6-7H2,(H,17,18)(H,19,20). The van der Waals surface area contributed by atoms with E-state index in [-0.39, 0.29) is 5.91 Å².